The number of methoxy groups -OCH3 is 1. The monoisotopic (exact) mass is 424 g/mol. The van der Waals surface area contributed by atoms with Crippen molar-refractivity contribution >= 4 is 21.6 Å². The number of para-hydroxylation sites is 2. The molecule has 30 heavy (non-hydrogen) atoms. The molecule has 6 nitrogen and oxygen atoms in total. The highest BCUT2D eigenvalue weighted by Crippen LogP contribution is 2.26. The summed E-state index contributed by atoms with van der Waals surface area (Å²) in [5, 5.41) is 2.91. The molecular weight excluding hydrogens is 400 g/mol. The van der Waals surface area contributed by atoms with Gasteiger partial charge in [-0.2, -0.15) is 0 Å². The van der Waals surface area contributed by atoms with Crippen molar-refractivity contribution in [2.75, 3.05) is 11.8 Å². The first kappa shape index (κ1) is 21.4. The van der Waals surface area contributed by atoms with Crippen LogP contribution in [0.2, 0.25) is 0 Å². The molecule has 0 saturated heterocycles. The van der Waals surface area contributed by atoms with Crippen molar-refractivity contribution < 1.29 is 17.9 Å². The number of hydrogen-bond acceptors (Lipinski definition) is 4. The van der Waals surface area contributed by atoms with Gasteiger partial charge in [-0.05, 0) is 44.2 Å². The first-order valence-corrected chi connectivity index (χ1v) is 10.9. The molecule has 0 fully saturated rings. The first-order chi connectivity index (χ1) is 14.3. The number of hydrogen-bond donors (Lipinski definition) is 2. The maximum Gasteiger partial charge on any atom is 0.261 e. The number of ether oxygens (including phenoxy) is 1. The predicted molar refractivity (Wildman–Crippen MR) is 117 cm³/mol. The van der Waals surface area contributed by atoms with Crippen LogP contribution < -0.4 is 14.8 Å². The van der Waals surface area contributed by atoms with E-state index in [1.807, 2.05) is 38.1 Å². The summed E-state index contributed by atoms with van der Waals surface area (Å²) in [5.41, 5.74) is 2.22. The number of carbonyl (C=O) groups is 1. The molecule has 0 bridgehead atoms. The Morgan fingerprint density at radius 2 is 1.57 bits per heavy atom. The zero-order chi connectivity index (χ0) is 21.7. The molecule has 3 rings (SSSR count). The second-order valence-corrected chi connectivity index (χ2v) is 8.58. The van der Waals surface area contributed by atoms with E-state index in [0.717, 1.165) is 11.1 Å². The molecule has 0 aromatic heterocycles. The summed E-state index contributed by atoms with van der Waals surface area (Å²) in [6.07, 6.45) is 0. The fraction of sp³-hybridized carbons (Fsp3) is 0.174. The van der Waals surface area contributed by atoms with Gasteiger partial charge in [0.1, 0.15) is 5.75 Å². The molecule has 3 aromatic carbocycles. The van der Waals surface area contributed by atoms with Crippen LogP contribution in [-0.4, -0.2) is 21.4 Å². The van der Waals surface area contributed by atoms with E-state index < -0.39 is 15.9 Å². The average molecular weight is 425 g/mol. The average Bonchev–Trinajstić information content (AvgIpc) is 2.74. The molecule has 0 spiro atoms. The van der Waals surface area contributed by atoms with Gasteiger partial charge in [0.15, 0.2) is 0 Å². The Morgan fingerprint density at radius 3 is 2.27 bits per heavy atom. The number of anilines is 1. The third kappa shape index (κ3) is 4.80. The van der Waals surface area contributed by atoms with Crippen LogP contribution in [-0.2, 0) is 10.0 Å². The van der Waals surface area contributed by atoms with E-state index in [-0.39, 0.29) is 22.2 Å². The van der Waals surface area contributed by atoms with E-state index in [2.05, 4.69) is 10.0 Å². The minimum absolute atomic E-state index is 0.130. The Bertz CT molecular complexity index is 1140. The fourth-order valence-electron chi connectivity index (χ4n) is 3.07. The molecule has 2 N–H and O–H groups in total. The van der Waals surface area contributed by atoms with Crippen LogP contribution in [0.3, 0.4) is 0 Å². The molecule has 0 aliphatic carbocycles. The molecule has 0 aliphatic heterocycles. The van der Waals surface area contributed by atoms with Crippen LogP contribution in [0.15, 0.2) is 77.7 Å². The normalized spacial score (nSPS) is 12.1. The van der Waals surface area contributed by atoms with Crippen molar-refractivity contribution in [3.05, 3.63) is 89.5 Å². The van der Waals surface area contributed by atoms with E-state index in [1.165, 1.54) is 12.1 Å². The smallest absolute Gasteiger partial charge is 0.261 e. The van der Waals surface area contributed by atoms with Gasteiger partial charge >= 0.3 is 0 Å². The van der Waals surface area contributed by atoms with Crippen molar-refractivity contribution in [2.24, 2.45) is 0 Å². The molecule has 0 radical (unpaired) electrons. The fourth-order valence-corrected chi connectivity index (χ4v) is 4.15. The topological polar surface area (TPSA) is 84.5 Å². The molecule has 0 heterocycles. The van der Waals surface area contributed by atoms with E-state index in [9.17, 15) is 13.2 Å². The zero-order valence-corrected chi connectivity index (χ0v) is 17.9. The van der Waals surface area contributed by atoms with Gasteiger partial charge in [-0.3, -0.25) is 9.52 Å². The van der Waals surface area contributed by atoms with Gasteiger partial charge in [-0.15, -0.1) is 0 Å². The van der Waals surface area contributed by atoms with Crippen molar-refractivity contribution in [1.82, 2.24) is 5.32 Å². The molecule has 0 aliphatic rings. The lowest BCUT2D eigenvalue weighted by molar-refractivity contribution is 0.0940. The number of nitrogens with one attached hydrogen (secondary N) is 2. The minimum Gasteiger partial charge on any atom is -0.496 e. The Balaban J connectivity index is 1.84. The van der Waals surface area contributed by atoms with Crippen LogP contribution in [0.4, 0.5) is 5.69 Å². The number of amides is 1. The van der Waals surface area contributed by atoms with Crippen molar-refractivity contribution in [3.8, 4) is 5.75 Å². The van der Waals surface area contributed by atoms with Crippen LogP contribution in [0.1, 0.15) is 34.5 Å². The van der Waals surface area contributed by atoms with Gasteiger partial charge < -0.3 is 10.1 Å². The summed E-state index contributed by atoms with van der Waals surface area (Å²) in [6.45, 7) is 3.72. The summed E-state index contributed by atoms with van der Waals surface area (Å²) < 4.78 is 33.4. The maximum absolute atomic E-state index is 12.9. The number of rotatable bonds is 7. The number of aryl methyl sites for hydroxylation is 1. The molecular formula is C23H24N2O4S. The lowest BCUT2D eigenvalue weighted by Crippen LogP contribution is -2.28. The van der Waals surface area contributed by atoms with Crippen molar-refractivity contribution in [3.63, 3.8) is 0 Å². The van der Waals surface area contributed by atoms with Crippen molar-refractivity contribution in [2.45, 2.75) is 24.8 Å². The first-order valence-electron chi connectivity index (χ1n) is 9.44. The van der Waals surface area contributed by atoms with E-state index in [0.29, 0.717) is 5.75 Å². The lowest BCUT2D eigenvalue weighted by Gasteiger charge is -2.18. The lowest BCUT2D eigenvalue weighted by atomic mass is 10.1. The maximum atomic E-state index is 12.9. The SMILES string of the molecule is COc1ccccc1C(C)NC(=O)c1ccccc1NS(=O)(=O)c1ccc(C)cc1. The van der Waals surface area contributed by atoms with E-state index in [1.54, 1.807) is 43.5 Å². The summed E-state index contributed by atoms with van der Waals surface area (Å²) >= 11 is 0. The largest absolute Gasteiger partial charge is 0.496 e. The molecule has 1 unspecified atom stereocenters. The van der Waals surface area contributed by atoms with Gasteiger partial charge in [0.05, 0.1) is 29.3 Å². The second kappa shape index (κ2) is 9.00. The molecule has 1 amide bonds. The molecule has 0 saturated carbocycles. The van der Waals surface area contributed by atoms with Crippen LogP contribution >= 0.6 is 0 Å². The highest BCUT2D eigenvalue weighted by Gasteiger charge is 2.20. The third-order valence-corrected chi connectivity index (χ3v) is 6.08. The van der Waals surface area contributed by atoms with Crippen LogP contribution in [0.5, 0.6) is 5.75 Å². The standard InChI is InChI=1S/C23H24N2O4S/c1-16-12-14-18(15-13-16)30(27,28)25-21-10-6-4-9-20(21)23(26)24-17(2)19-8-5-7-11-22(19)29-3/h4-15,17,25H,1-3H3,(H,24,26). The van der Waals surface area contributed by atoms with Crippen molar-refractivity contribution in [1.29, 1.82) is 0 Å². The molecule has 3 aromatic rings. The summed E-state index contributed by atoms with van der Waals surface area (Å²) in [4.78, 5) is 13.1. The Kier molecular flexibility index (Phi) is 6.42. The van der Waals surface area contributed by atoms with Gasteiger partial charge in [-0.1, -0.05) is 48.0 Å². The summed E-state index contributed by atoms with van der Waals surface area (Å²) in [6, 6.07) is 20.1. The molecule has 156 valence electrons. The molecule has 7 heteroatoms. The van der Waals surface area contributed by atoms with Gasteiger partial charge in [0.25, 0.3) is 15.9 Å². The number of sulfonamides is 1. The highest BCUT2D eigenvalue weighted by molar-refractivity contribution is 7.92. The number of carbonyl (C=O) groups excluding carboxylic acids is 1. The number of benzene rings is 3. The molecule has 1 atom stereocenters. The quantitative estimate of drug-likeness (QED) is 0.592. The van der Waals surface area contributed by atoms with E-state index >= 15 is 0 Å². The van der Waals surface area contributed by atoms with Gasteiger partial charge in [-0.25, -0.2) is 8.42 Å². The Hall–Kier alpha value is -3.32. The summed E-state index contributed by atoms with van der Waals surface area (Å²) in [7, 11) is -2.26. The third-order valence-electron chi connectivity index (χ3n) is 4.70. The zero-order valence-electron chi connectivity index (χ0n) is 17.0. The van der Waals surface area contributed by atoms with Crippen LogP contribution in [0.25, 0.3) is 0 Å². The van der Waals surface area contributed by atoms with Gasteiger partial charge in [0, 0.05) is 5.56 Å². The Labute approximate surface area is 177 Å². The predicted octanol–water partition coefficient (Wildman–Crippen LogP) is 4.30. The van der Waals surface area contributed by atoms with Gasteiger partial charge in [0.2, 0.25) is 0 Å². The second-order valence-electron chi connectivity index (χ2n) is 6.90. The van der Waals surface area contributed by atoms with Crippen LogP contribution in [0, 0.1) is 6.92 Å². The minimum atomic E-state index is -3.83. The highest BCUT2D eigenvalue weighted by atomic mass is 32.2. The van der Waals surface area contributed by atoms with E-state index in [4.69, 9.17) is 4.74 Å². The summed E-state index contributed by atoms with van der Waals surface area (Å²) in [5.74, 6) is 0.272. The Morgan fingerprint density at radius 1 is 0.933 bits per heavy atom.